The zero-order chi connectivity index (χ0) is 24.2. The molecule has 1 aromatic rings. The van der Waals surface area contributed by atoms with Crippen molar-refractivity contribution in [1.29, 1.82) is 0 Å². The molecule has 0 saturated carbocycles. The summed E-state index contributed by atoms with van der Waals surface area (Å²) in [6, 6.07) is 9.24. The van der Waals surface area contributed by atoms with Crippen molar-refractivity contribution < 1.29 is 0 Å². The molecule has 2 aliphatic carbocycles. The molecule has 0 nitrogen and oxygen atoms in total. The lowest BCUT2D eigenvalue weighted by molar-refractivity contribution is 0.00572. The lowest BCUT2D eigenvalue weighted by Crippen LogP contribution is -2.49. The molecule has 0 fully saturated rings. The molecule has 0 aromatic heterocycles. The van der Waals surface area contributed by atoms with Crippen LogP contribution in [0.1, 0.15) is 124 Å². The normalized spacial score (nSPS) is 27.8. The van der Waals surface area contributed by atoms with E-state index in [2.05, 4.69) is 91.8 Å². The quantitative estimate of drug-likeness (QED) is 0.298. The number of allylic oxidation sites excluding steroid dienone is 3. The van der Waals surface area contributed by atoms with Crippen LogP contribution in [0.4, 0.5) is 0 Å². The summed E-state index contributed by atoms with van der Waals surface area (Å²) in [6.45, 7) is 19.9. The van der Waals surface area contributed by atoms with Crippen molar-refractivity contribution in [3.63, 3.8) is 0 Å². The summed E-state index contributed by atoms with van der Waals surface area (Å²) >= 11 is 0. The van der Waals surface area contributed by atoms with E-state index in [1.165, 1.54) is 68.9 Å². The number of hydrogen-bond acceptors (Lipinski definition) is 0. The van der Waals surface area contributed by atoms with Gasteiger partial charge in [0.05, 0.1) is 0 Å². The highest BCUT2D eigenvalue weighted by molar-refractivity contribution is 5.96. The maximum absolute atomic E-state index is 2.82. The lowest BCUT2D eigenvalue weighted by atomic mass is 9.46. The van der Waals surface area contributed by atoms with E-state index in [1.807, 2.05) is 0 Å². The lowest BCUT2D eigenvalue weighted by Gasteiger charge is -2.58. The fourth-order valence-corrected chi connectivity index (χ4v) is 7.98. The Morgan fingerprint density at radius 3 is 1.70 bits per heavy atom. The molecule has 4 unspecified atom stereocenters. The Morgan fingerprint density at radius 1 is 0.697 bits per heavy atom. The maximum atomic E-state index is 2.82. The molecule has 0 saturated heterocycles. The average molecular weight is 449 g/mol. The second kappa shape index (κ2) is 11.0. The average Bonchev–Trinajstić information content (AvgIpc) is 3.17. The summed E-state index contributed by atoms with van der Waals surface area (Å²) in [6.07, 6.45) is 17.2. The van der Waals surface area contributed by atoms with E-state index in [9.17, 15) is 0 Å². The van der Waals surface area contributed by atoms with Crippen molar-refractivity contribution in [1.82, 2.24) is 0 Å². The van der Waals surface area contributed by atoms with Gasteiger partial charge in [-0.3, -0.25) is 0 Å². The van der Waals surface area contributed by atoms with Crippen LogP contribution < -0.4 is 0 Å². The largest absolute Gasteiger partial charge is 0.0695 e. The number of hydrogen-bond donors (Lipinski definition) is 0. The van der Waals surface area contributed by atoms with Crippen molar-refractivity contribution in [2.75, 3.05) is 0 Å². The Kier molecular flexibility index (Phi) is 8.74. The summed E-state index contributed by atoms with van der Waals surface area (Å²) in [5.41, 5.74) is 6.79. The van der Waals surface area contributed by atoms with E-state index in [4.69, 9.17) is 0 Å². The molecule has 0 heteroatoms. The first-order chi connectivity index (χ1) is 15.8. The Labute approximate surface area is 206 Å². The smallest absolute Gasteiger partial charge is 0.00189 e. The van der Waals surface area contributed by atoms with Crippen LogP contribution in [0.3, 0.4) is 0 Å². The molecule has 0 aliphatic heterocycles. The highest BCUT2D eigenvalue weighted by atomic mass is 14.6. The molecule has 0 amide bonds. The van der Waals surface area contributed by atoms with Crippen molar-refractivity contribution in [3.8, 4) is 0 Å². The highest BCUT2D eigenvalue weighted by Crippen LogP contribution is 2.66. The van der Waals surface area contributed by atoms with E-state index < -0.39 is 0 Å². The molecule has 0 N–H and O–H groups in total. The van der Waals surface area contributed by atoms with Crippen molar-refractivity contribution in [3.05, 3.63) is 47.0 Å². The summed E-state index contributed by atoms with van der Waals surface area (Å²) in [4.78, 5) is 0. The standard InChI is InChI=1S/C33H52/c1-9-15-24(5)32(25(6)16-10-2)22-30-29-20-14-13-19-28(29)21-31(30)33(23-32,26(7)17-11-3)27(8)18-12-4/h13-14,19-22,24-27H,9-12,15-18,23H2,1-8H3. The third-order valence-corrected chi connectivity index (χ3v) is 9.83. The third kappa shape index (κ3) is 4.53. The van der Waals surface area contributed by atoms with Crippen LogP contribution in [0.15, 0.2) is 35.9 Å². The number of fused-ring (bicyclic) bond motifs is 3. The minimum absolute atomic E-state index is 0.263. The monoisotopic (exact) mass is 448 g/mol. The van der Waals surface area contributed by atoms with Crippen LogP contribution in [0.25, 0.3) is 11.6 Å². The second-order valence-electron chi connectivity index (χ2n) is 11.8. The minimum atomic E-state index is 0.263. The molecular formula is C33H52. The zero-order valence-corrected chi connectivity index (χ0v) is 23.1. The third-order valence-electron chi connectivity index (χ3n) is 9.83. The minimum Gasteiger partial charge on any atom is -0.0695 e. The molecule has 33 heavy (non-hydrogen) atoms. The van der Waals surface area contributed by atoms with E-state index >= 15 is 0 Å². The predicted octanol–water partition coefficient (Wildman–Crippen LogP) is 10.6. The first-order valence-electron chi connectivity index (χ1n) is 14.4. The summed E-state index contributed by atoms with van der Waals surface area (Å²) in [5, 5.41) is 0. The fraction of sp³-hybridized carbons (Fsp3) is 0.697. The van der Waals surface area contributed by atoms with Crippen molar-refractivity contribution >= 4 is 11.6 Å². The highest BCUT2D eigenvalue weighted by Gasteiger charge is 2.56. The molecule has 1 aromatic carbocycles. The van der Waals surface area contributed by atoms with Crippen LogP contribution in [0, 0.1) is 34.5 Å². The van der Waals surface area contributed by atoms with Crippen LogP contribution in [-0.2, 0) is 0 Å². The van der Waals surface area contributed by atoms with Gasteiger partial charge in [-0.1, -0.05) is 137 Å². The molecule has 0 bridgehead atoms. The SMILES string of the molecule is CCCC(C)C1(C(C)CCC)C=C2C(=Cc3ccccc32)C(C(C)CCC)(C(C)CCC)C1. The Morgan fingerprint density at radius 2 is 1.18 bits per heavy atom. The van der Waals surface area contributed by atoms with Gasteiger partial charge in [0.15, 0.2) is 0 Å². The fourth-order valence-electron chi connectivity index (χ4n) is 7.98. The van der Waals surface area contributed by atoms with Gasteiger partial charge >= 0.3 is 0 Å². The van der Waals surface area contributed by atoms with Gasteiger partial charge in [-0.25, -0.2) is 0 Å². The number of benzene rings is 1. The van der Waals surface area contributed by atoms with Gasteiger partial charge in [0.2, 0.25) is 0 Å². The van der Waals surface area contributed by atoms with Gasteiger partial charge in [0.1, 0.15) is 0 Å². The molecule has 184 valence electrons. The van der Waals surface area contributed by atoms with Gasteiger partial charge in [-0.2, -0.15) is 0 Å². The van der Waals surface area contributed by atoms with Gasteiger partial charge in [-0.05, 0) is 63.9 Å². The van der Waals surface area contributed by atoms with E-state index in [0.29, 0.717) is 23.7 Å². The van der Waals surface area contributed by atoms with Gasteiger partial charge in [-0.15, -0.1) is 0 Å². The van der Waals surface area contributed by atoms with E-state index in [-0.39, 0.29) is 10.8 Å². The van der Waals surface area contributed by atoms with Crippen LogP contribution >= 0.6 is 0 Å². The molecule has 0 radical (unpaired) electrons. The maximum Gasteiger partial charge on any atom is 0.00189 e. The second-order valence-corrected chi connectivity index (χ2v) is 11.8. The van der Waals surface area contributed by atoms with Gasteiger partial charge < -0.3 is 0 Å². The zero-order valence-electron chi connectivity index (χ0n) is 23.1. The van der Waals surface area contributed by atoms with Crippen molar-refractivity contribution in [2.45, 2.75) is 113 Å². The van der Waals surface area contributed by atoms with E-state index in [1.54, 1.807) is 11.1 Å². The molecule has 0 heterocycles. The Bertz CT molecular complexity index is 813. The molecule has 4 atom stereocenters. The summed E-state index contributed by atoms with van der Waals surface area (Å²) in [7, 11) is 0. The van der Waals surface area contributed by atoms with Crippen LogP contribution in [-0.4, -0.2) is 0 Å². The number of rotatable bonds is 12. The topological polar surface area (TPSA) is 0 Å². The Hall–Kier alpha value is -1.30. The first kappa shape index (κ1) is 26.3. The predicted molar refractivity (Wildman–Crippen MR) is 148 cm³/mol. The Balaban J connectivity index is 2.34. The van der Waals surface area contributed by atoms with Gasteiger partial charge in [0, 0.05) is 5.41 Å². The molecule has 0 spiro atoms. The first-order valence-corrected chi connectivity index (χ1v) is 14.4. The summed E-state index contributed by atoms with van der Waals surface area (Å²) in [5.74, 6) is 2.84. The van der Waals surface area contributed by atoms with Crippen LogP contribution in [0.2, 0.25) is 0 Å². The van der Waals surface area contributed by atoms with E-state index in [0.717, 1.165) is 0 Å². The summed E-state index contributed by atoms with van der Waals surface area (Å²) < 4.78 is 0. The molecule has 3 rings (SSSR count). The van der Waals surface area contributed by atoms with Crippen LogP contribution in [0.5, 0.6) is 0 Å². The molecular weight excluding hydrogens is 396 g/mol. The molecule has 2 aliphatic rings. The van der Waals surface area contributed by atoms with Gasteiger partial charge in [0.25, 0.3) is 0 Å². The van der Waals surface area contributed by atoms with Crippen molar-refractivity contribution in [2.24, 2.45) is 34.5 Å².